The van der Waals surface area contributed by atoms with Gasteiger partial charge in [0.2, 0.25) is 0 Å². The highest BCUT2D eigenvalue weighted by molar-refractivity contribution is 7.53. The number of rotatable bonds is 14. The molecule has 2 aromatic carbocycles. The van der Waals surface area contributed by atoms with Gasteiger partial charge in [0.15, 0.2) is 0 Å². The fraction of sp³-hybridized carbons (Fsp3) is 0.500. The van der Waals surface area contributed by atoms with Gasteiger partial charge in [0.1, 0.15) is 5.41 Å². The zero-order valence-electron chi connectivity index (χ0n) is 19.2. The number of unbranched alkanes of at least 4 members (excludes halogenated alkanes) is 3. The highest BCUT2D eigenvalue weighted by Crippen LogP contribution is 2.53. The molecule has 0 aromatic heterocycles. The van der Waals surface area contributed by atoms with Crippen LogP contribution >= 0.6 is 7.60 Å². The van der Waals surface area contributed by atoms with Gasteiger partial charge in [0.05, 0.1) is 19.4 Å². The first kappa shape index (κ1) is 24.7. The lowest BCUT2D eigenvalue weighted by atomic mass is 9.74. The molecule has 0 bridgehead atoms. The van der Waals surface area contributed by atoms with Crippen LogP contribution in [0, 0.1) is 0 Å². The van der Waals surface area contributed by atoms with Crippen molar-refractivity contribution in [3.05, 3.63) is 59.7 Å². The molecule has 1 aliphatic carbocycles. The number of fused-ring (bicyclic) bond motifs is 3. The van der Waals surface area contributed by atoms with Crippen molar-refractivity contribution in [2.75, 3.05) is 19.4 Å². The summed E-state index contributed by atoms with van der Waals surface area (Å²) >= 11 is 0. The Balaban J connectivity index is 1.74. The van der Waals surface area contributed by atoms with Crippen LogP contribution in [0.2, 0.25) is 0 Å². The lowest BCUT2D eigenvalue weighted by Crippen LogP contribution is -2.35. The van der Waals surface area contributed by atoms with Gasteiger partial charge in [-0.3, -0.25) is 9.36 Å². The first-order valence-electron chi connectivity index (χ1n) is 11.8. The topological polar surface area (TPSA) is 72.8 Å². The van der Waals surface area contributed by atoms with Crippen molar-refractivity contribution in [2.45, 2.75) is 64.2 Å². The predicted octanol–water partition coefficient (Wildman–Crippen LogP) is 7.03. The zero-order valence-corrected chi connectivity index (χ0v) is 20.1. The molecular formula is C26H35O5P. The van der Waals surface area contributed by atoms with Gasteiger partial charge < -0.3 is 14.2 Å². The van der Waals surface area contributed by atoms with Crippen LogP contribution in [0.5, 0.6) is 0 Å². The summed E-state index contributed by atoms with van der Waals surface area (Å²) in [7, 11) is -3.17. The fourth-order valence-corrected chi connectivity index (χ4v) is 6.25. The molecule has 6 heteroatoms. The average Bonchev–Trinajstić information content (AvgIpc) is 3.08. The molecule has 0 saturated carbocycles. The summed E-state index contributed by atoms with van der Waals surface area (Å²) in [5.41, 5.74) is 2.58. The quantitative estimate of drug-likeness (QED) is 0.243. The van der Waals surface area contributed by atoms with E-state index in [0.29, 0.717) is 38.6 Å². The van der Waals surface area contributed by atoms with Gasteiger partial charge in [0, 0.05) is 0 Å². The molecule has 0 radical (unpaired) electrons. The molecule has 32 heavy (non-hydrogen) atoms. The normalized spacial score (nSPS) is 14.2. The number of carboxylic acids is 1. The highest BCUT2D eigenvalue weighted by atomic mass is 31.2. The second-order valence-corrected chi connectivity index (χ2v) is 10.7. The molecule has 174 valence electrons. The van der Waals surface area contributed by atoms with E-state index < -0.39 is 19.0 Å². The molecule has 0 fully saturated rings. The lowest BCUT2D eigenvalue weighted by Gasteiger charge is -2.27. The van der Waals surface area contributed by atoms with Gasteiger partial charge in [-0.25, -0.2) is 0 Å². The fourth-order valence-electron chi connectivity index (χ4n) is 4.49. The maximum atomic E-state index is 13.2. The van der Waals surface area contributed by atoms with E-state index in [1.165, 1.54) is 0 Å². The Morgan fingerprint density at radius 3 is 1.81 bits per heavy atom. The van der Waals surface area contributed by atoms with Crippen molar-refractivity contribution in [3.63, 3.8) is 0 Å². The second-order valence-electron chi connectivity index (χ2n) is 8.47. The van der Waals surface area contributed by atoms with E-state index in [4.69, 9.17) is 9.05 Å². The van der Waals surface area contributed by atoms with Gasteiger partial charge in [-0.05, 0) is 47.9 Å². The number of hydrogen-bond acceptors (Lipinski definition) is 4. The molecule has 2 aromatic rings. The Bertz CT molecular complexity index is 895. The lowest BCUT2D eigenvalue weighted by molar-refractivity contribution is -0.142. The van der Waals surface area contributed by atoms with Gasteiger partial charge >= 0.3 is 13.6 Å². The van der Waals surface area contributed by atoms with E-state index in [1.807, 2.05) is 48.5 Å². The average molecular weight is 459 g/mol. The first-order chi connectivity index (χ1) is 15.5. The van der Waals surface area contributed by atoms with Crippen molar-refractivity contribution in [3.8, 4) is 11.1 Å². The number of aliphatic carboxylic acids is 1. The predicted molar refractivity (Wildman–Crippen MR) is 128 cm³/mol. The van der Waals surface area contributed by atoms with Crippen LogP contribution in [-0.4, -0.2) is 30.5 Å². The molecule has 3 rings (SSSR count). The maximum absolute atomic E-state index is 13.2. The Labute approximate surface area is 191 Å². The maximum Gasteiger partial charge on any atom is 0.330 e. The van der Waals surface area contributed by atoms with E-state index in [9.17, 15) is 14.5 Å². The third-order valence-electron chi connectivity index (χ3n) is 6.23. The Hall–Kier alpha value is -1.94. The summed E-state index contributed by atoms with van der Waals surface area (Å²) in [4.78, 5) is 12.7. The second kappa shape index (κ2) is 11.3. The van der Waals surface area contributed by atoms with E-state index >= 15 is 0 Å². The summed E-state index contributed by atoms with van der Waals surface area (Å²) in [6.45, 7) is 4.99. The standard InChI is InChI=1S/C26H35O5P/c1-3-5-18-30-32(29,31-19-6-4-2)20-12-11-17-26(25(27)28)23-15-9-7-13-21(23)22-14-8-10-16-24(22)26/h7-10,13-16H,3-6,11-12,17-20H2,1-2H3,(H,27,28). The summed E-state index contributed by atoms with van der Waals surface area (Å²) in [5.74, 6) is -0.837. The van der Waals surface area contributed by atoms with Crippen LogP contribution in [0.4, 0.5) is 0 Å². The number of benzene rings is 2. The SMILES string of the molecule is CCCCOP(=O)(CCCCC1(C(=O)O)c2ccccc2-c2ccccc21)OCCCC. The van der Waals surface area contributed by atoms with E-state index in [-0.39, 0.29) is 0 Å². The molecule has 0 spiro atoms. The Kier molecular flexibility index (Phi) is 8.70. The minimum Gasteiger partial charge on any atom is -0.480 e. The molecule has 1 aliphatic rings. The molecule has 0 heterocycles. The molecule has 0 atom stereocenters. The molecule has 5 nitrogen and oxygen atoms in total. The van der Waals surface area contributed by atoms with Crippen LogP contribution < -0.4 is 0 Å². The summed E-state index contributed by atoms with van der Waals surface area (Å²) in [6, 6.07) is 15.5. The van der Waals surface area contributed by atoms with Gasteiger partial charge in [-0.1, -0.05) is 81.6 Å². The smallest absolute Gasteiger partial charge is 0.330 e. The highest BCUT2D eigenvalue weighted by Gasteiger charge is 2.48. The van der Waals surface area contributed by atoms with Gasteiger partial charge in [-0.2, -0.15) is 0 Å². The van der Waals surface area contributed by atoms with Gasteiger partial charge in [-0.15, -0.1) is 0 Å². The van der Waals surface area contributed by atoms with Crippen molar-refractivity contribution in [1.29, 1.82) is 0 Å². The van der Waals surface area contributed by atoms with Crippen LogP contribution in [0.1, 0.15) is 69.9 Å². The van der Waals surface area contributed by atoms with Crippen molar-refractivity contribution < 1.29 is 23.5 Å². The molecule has 1 N–H and O–H groups in total. The van der Waals surface area contributed by atoms with E-state index in [2.05, 4.69) is 13.8 Å². The van der Waals surface area contributed by atoms with Crippen LogP contribution in [-0.2, 0) is 23.8 Å². The van der Waals surface area contributed by atoms with E-state index in [0.717, 1.165) is 47.9 Å². The molecule has 0 amide bonds. The van der Waals surface area contributed by atoms with Crippen molar-refractivity contribution in [2.24, 2.45) is 0 Å². The zero-order chi connectivity index (χ0) is 23.0. The third kappa shape index (κ3) is 5.17. The third-order valence-corrected chi connectivity index (χ3v) is 8.25. The van der Waals surface area contributed by atoms with Crippen LogP contribution in [0.3, 0.4) is 0 Å². The van der Waals surface area contributed by atoms with Gasteiger partial charge in [0.25, 0.3) is 0 Å². The van der Waals surface area contributed by atoms with Crippen molar-refractivity contribution in [1.82, 2.24) is 0 Å². The summed E-state index contributed by atoms with van der Waals surface area (Å²) < 4.78 is 24.6. The minimum absolute atomic E-state index is 0.319. The minimum atomic E-state index is -3.17. The summed E-state index contributed by atoms with van der Waals surface area (Å²) in [6.07, 6.45) is 5.60. The Morgan fingerprint density at radius 2 is 1.34 bits per heavy atom. The molecule has 0 unspecified atom stereocenters. The van der Waals surface area contributed by atoms with E-state index in [1.54, 1.807) is 0 Å². The number of carboxylic acid groups (broad SMARTS) is 1. The number of carbonyl (C=O) groups is 1. The molecule has 0 saturated heterocycles. The Morgan fingerprint density at radius 1 is 0.844 bits per heavy atom. The van der Waals surface area contributed by atoms with Crippen LogP contribution in [0.15, 0.2) is 48.5 Å². The first-order valence-corrected chi connectivity index (χ1v) is 13.5. The van der Waals surface area contributed by atoms with Crippen molar-refractivity contribution >= 4 is 13.6 Å². The molecule has 0 aliphatic heterocycles. The molecular weight excluding hydrogens is 423 g/mol. The van der Waals surface area contributed by atoms with Crippen LogP contribution in [0.25, 0.3) is 11.1 Å². The monoisotopic (exact) mass is 458 g/mol. The number of hydrogen-bond donors (Lipinski definition) is 1. The summed E-state index contributed by atoms with van der Waals surface area (Å²) in [5, 5.41) is 10.4. The largest absolute Gasteiger partial charge is 0.480 e.